The summed E-state index contributed by atoms with van der Waals surface area (Å²) in [6.45, 7) is 12.8. The van der Waals surface area contributed by atoms with Crippen LogP contribution in [0.4, 0.5) is 11.5 Å². The van der Waals surface area contributed by atoms with Crippen molar-refractivity contribution in [3.63, 3.8) is 0 Å². The number of aliphatic hydroxyl groups is 1. The van der Waals surface area contributed by atoms with Crippen molar-refractivity contribution >= 4 is 35.1 Å². The van der Waals surface area contributed by atoms with E-state index < -0.39 is 23.6 Å². The molecule has 5 N–H and O–H groups in total. The molecule has 6 aliphatic rings. The Kier molecular flexibility index (Phi) is 15.5. The van der Waals surface area contributed by atoms with Gasteiger partial charge in [-0.3, -0.25) is 24.1 Å². The second-order valence-corrected chi connectivity index (χ2v) is 22.7. The van der Waals surface area contributed by atoms with Crippen LogP contribution in [0, 0.1) is 35.0 Å². The van der Waals surface area contributed by atoms with Crippen LogP contribution in [0.3, 0.4) is 0 Å². The summed E-state index contributed by atoms with van der Waals surface area (Å²) in [6.07, 6.45) is 15.0. The predicted octanol–water partition coefficient (Wildman–Crippen LogP) is 4.85. The van der Waals surface area contributed by atoms with Crippen molar-refractivity contribution in [1.82, 2.24) is 40.4 Å². The van der Waals surface area contributed by atoms with E-state index in [2.05, 4.69) is 51.7 Å². The van der Waals surface area contributed by atoms with E-state index in [9.17, 15) is 29.4 Å². The summed E-state index contributed by atoms with van der Waals surface area (Å²) in [5, 5.41) is 39.1. The summed E-state index contributed by atoms with van der Waals surface area (Å²) in [7, 11) is 1.83. The molecule has 5 heterocycles. The molecule has 4 saturated heterocycles. The number of carbonyl (C=O) groups is 4. The van der Waals surface area contributed by atoms with E-state index in [1.54, 1.807) is 12.1 Å². The van der Waals surface area contributed by atoms with Crippen molar-refractivity contribution in [3.05, 3.63) is 65.7 Å². The number of phenols is 1. The van der Waals surface area contributed by atoms with Crippen LogP contribution in [0.15, 0.2) is 54.6 Å². The fourth-order valence-electron chi connectivity index (χ4n) is 12.7. The summed E-state index contributed by atoms with van der Waals surface area (Å²) < 4.78 is 0. The number of aliphatic hydroxyl groups excluding tert-OH is 1. The van der Waals surface area contributed by atoms with Crippen LogP contribution in [0.1, 0.15) is 103 Å². The number of terminal acetylenes is 1. The summed E-state index contributed by atoms with van der Waals surface area (Å²) >= 11 is 0. The van der Waals surface area contributed by atoms with Crippen LogP contribution >= 0.6 is 0 Å². The Balaban J connectivity index is 0.703. The highest BCUT2D eigenvalue weighted by Crippen LogP contribution is 2.55. The molecule has 3 aromatic rings. The summed E-state index contributed by atoms with van der Waals surface area (Å²) in [5.74, 6) is 2.79. The monoisotopic (exact) mass is 985 g/mol. The molecule has 6 fully saturated rings. The molecule has 2 saturated carbocycles. The largest absolute Gasteiger partial charge is 0.507 e. The number of phenolic OH excluding ortho intramolecular Hbond substituents is 1. The number of piperidine rings is 2. The number of β-amino-alcohol motifs (C(OH)–C–C–N with tert-alkyl or cyclic N) is 1. The fraction of sp³-hybridized carbons (Fsp3) is 0.607. The Morgan fingerprint density at radius 1 is 0.833 bits per heavy atom. The number of nitrogens with zero attached hydrogens (tertiary/aromatic N) is 7. The number of hydrogen-bond acceptors (Lipinski definition) is 12. The van der Waals surface area contributed by atoms with Crippen LogP contribution in [0.2, 0.25) is 0 Å². The summed E-state index contributed by atoms with van der Waals surface area (Å²) in [5.41, 5.74) is 3.44. The van der Waals surface area contributed by atoms with Gasteiger partial charge in [0.25, 0.3) is 0 Å². The standard InChI is InChI=1S/C56H76N10O6/c1-6-37-13-15-38(16-14-37)34-58-52(70)47-30-43(67)36-66(47)54(72)49(55(2,3)4)59-51(69)39-17-21-56(22-18-39)32-42(33-56)62-24-19-41(20-25-62)65-23-9-10-40(35-65)53(71)64-28-26-63(27-29-64)46-31-45(60-61-50(46)57-5)44-11-7-8-12-48(44)68/h1,7-8,11-16,31,39-43,47,49,67-68H,9-10,17-30,32-36H2,2-5H3,(H,57,61)(H,58,70)(H,59,69)/t39?,40-,42?,43-,47+,49-,56?/m1/s1. The molecule has 0 unspecified atom stereocenters. The number of nitrogens with one attached hydrogen (secondary N) is 3. The zero-order chi connectivity index (χ0) is 50.7. The topological polar surface area (TPSA) is 187 Å². The minimum Gasteiger partial charge on any atom is -0.507 e. The first kappa shape index (κ1) is 51.2. The Morgan fingerprint density at radius 3 is 2.21 bits per heavy atom. The smallest absolute Gasteiger partial charge is 0.246 e. The number of piperazine rings is 1. The highest BCUT2D eigenvalue weighted by Gasteiger charge is 2.50. The van der Waals surface area contributed by atoms with Crippen molar-refractivity contribution in [2.75, 3.05) is 76.2 Å². The fourth-order valence-corrected chi connectivity index (χ4v) is 12.7. The number of aromatic hydroxyl groups is 1. The molecule has 72 heavy (non-hydrogen) atoms. The Hall–Kier alpha value is -5.76. The van der Waals surface area contributed by atoms with Gasteiger partial charge in [-0.15, -0.1) is 16.6 Å². The van der Waals surface area contributed by atoms with Gasteiger partial charge in [0.1, 0.15) is 17.8 Å². The molecule has 0 bridgehead atoms. The lowest BCUT2D eigenvalue weighted by atomic mass is 9.56. The number of anilines is 2. The third kappa shape index (κ3) is 11.2. The van der Waals surface area contributed by atoms with Crippen molar-refractivity contribution in [2.24, 2.45) is 22.7 Å². The Morgan fingerprint density at radius 2 is 1.54 bits per heavy atom. The minimum atomic E-state index is -0.844. The number of para-hydroxylation sites is 1. The first-order chi connectivity index (χ1) is 34.6. The van der Waals surface area contributed by atoms with Crippen LogP contribution in [-0.2, 0) is 25.7 Å². The van der Waals surface area contributed by atoms with Crippen LogP contribution in [0.25, 0.3) is 11.3 Å². The number of carbonyl (C=O) groups excluding carboxylic acids is 4. The molecule has 1 spiro atoms. The Bertz CT molecular complexity index is 2460. The molecule has 2 aliphatic carbocycles. The summed E-state index contributed by atoms with van der Waals surface area (Å²) in [6, 6.07) is 15.9. The van der Waals surface area contributed by atoms with E-state index in [-0.39, 0.29) is 66.1 Å². The van der Waals surface area contributed by atoms with Gasteiger partial charge in [-0.2, -0.15) is 0 Å². The van der Waals surface area contributed by atoms with Gasteiger partial charge in [0.2, 0.25) is 23.6 Å². The third-order valence-electron chi connectivity index (χ3n) is 17.1. The van der Waals surface area contributed by atoms with Gasteiger partial charge in [-0.25, -0.2) is 0 Å². The maximum Gasteiger partial charge on any atom is 0.246 e. The van der Waals surface area contributed by atoms with Gasteiger partial charge in [-0.1, -0.05) is 51.0 Å². The molecular weight excluding hydrogens is 909 g/mol. The van der Waals surface area contributed by atoms with Crippen molar-refractivity contribution in [1.29, 1.82) is 0 Å². The van der Waals surface area contributed by atoms with Gasteiger partial charge in [0, 0.05) is 88.4 Å². The van der Waals surface area contributed by atoms with Crippen molar-refractivity contribution in [2.45, 2.75) is 128 Å². The molecule has 9 rings (SSSR count). The first-order valence-electron chi connectivity index (χ1n) is 26.6. The molecular formula is C56H76N10O6. The minimum absolute atomic E-state index is 0.0233. The second-order valence-electron chi connectivity index (χ2n) is 22.7. The van der Waals surface area contributed by atoms with Gasteiger partial charge in [-0.05, 0) is 131 Å². The van der Waals surface area contributed by atoms with E-state index in [0.717, 1.165) is 94.4 Å². The van der Waals surface area contributed by atoms with E-state index in [0.29, 0.717) is 55.3 Å². The molecule has 4 amide bonds. The number of aromatic nitrogens is 2. The molecule has 16 heteroatoms. The number of hydrogen-bond donors (Lipinski definition) is 5. The lowest BCUT2D eigenvalue weighted by molar-refractivity contribution is -0.145. The molecule has 386 valence electrons. The van der Waals surface area contributed by atoms with Gasteiger partial charge < -0.3 is 45.8 Å². The highest BCUT2D eigenvalue weighted by atomic mass is 16.3. The molecule has 2 aromatic carbocycles. The first-order valence-corrected chi connectivity index (χ1v) is 26.6. The third-order valence-corrected chi connectivity index (χ3v) is 17.1. The average molecular weight is 985 g/mol. The molecule has 16 nitrogen and oxygen atoms in total. The zero-order valence-electron chi connectivity index (χ0n) is 42.8. The van der Waals surface area contributed by atoms with Gasteiger partial charge in [0.05, 0.1) is 23.4 Å². The van der Waals surface area contributed by atoms with E-state index >= 15 is 0 Å². The lowest BCUT2D eigenvalue weighted by Gasteiger charge is -2.56. The van der Waals surface area contributed by atoms with Crippen LogP contribution in [-0.4, -0.2) is 160 Å². The van der Waals surface area contributed by atoms with Crippen LogP contribution < -0.4 is 20.9 Å². The van der Waals surface area contributed by atoms with Crippen molar-refractivity contribution < 1.29 is 29.4 Å². The van der Waals surface area contributed by atoms with E-state index in [1.165, 1.54) is 17.7 Å². The van der Waals surface area contributed by atoms with E-state index in [1.807, 2.05) is 70.3 Å². The quantitative estimate of drug-likeness (QED) is 0.156. The molecule has 4 atom stereocenters. The number of likely N-dealkylation sites (tertiary alicyclic amines) is 3. The Labute approximate surface area is 425 Å². The normalized spacial score (nSPS) is 26.9. The average Bonchev–Trinajstić information content (AvgIpc) is 3.79. The van der Waals surface area contributed by atoms with E-state index in [4.69, 9.17) is 6.42 Å². The molecule has 4 aliphatic heterocycles. The predicted molar refractivity (Wildman–Crippen MR) is 278 cm³/mol. The number of amides is 4. The van der Waals surface area contributed by atoms with Crippen LogP contribution in [0.5, 0.6) is 5.75 Å². The highest BCUT2D eigenvalue weighted by molar-refractivity contribution is 5.93. The van der Waals surface area contributed by atoms with Gasteiger partial charge in [0.15, 0.2) is 5.82 Å². The SMILES string of the molecule is C#Cc1ccc(CNC(=O)[C@@H]2C[C@@H](O)CN2C(=O)[C@@H](NC(=O)C2CCC3(CC2)CC(N2CCC(N4CCC[C@@H](C(=O)N5CCN(c6cc(-c7ccccc7O)nnc6NC)CC5)C4)CC2)C3)C(C)(C)C)cc1. The molecule has 0 radical (unpaired) electrons. The maximum atomic E-state index is 14.2. The number of benzene rings is 2. The maximum absolute atomic E-state index is 14.2. The zero-order valence-corrected chi connectivity index (χ0v) is 42.8. The second kappa shape index (κ2) is 21.8. The molecule has 1 aromatic heterocycles. The van der Waals surface area contributed by atoms with Crippen molar-refractivity contribution in [3.8, 4) is 29.4 Å². The van der Waals surface area contributed by atoms with Gasteiger partial charge >= 0.3 is 0 Å². The summed E-state index contributed by atoms with van der Waals surface area (Å²) in [4.78, 5) is 66.8. The number of rotatable bonds is 12. The lowest BCUT2D eigenvalue weighted by Crippen LogP contribution is -2.59.